The molecule has 0 aliphatic carbocycles. The van der Waals surface area contributed by atoms with Crippen LogP contribution in [-0.2, 0) is 6.42 Å². The zero-order chi connectivity index (χ0) is 12.8. The van der Waals surface area contributed by atoms with Gasteiger partial charge in [-0.05, 0) is 29.8 Å². The van der Waals surface area contributed by atoms with Gasteiger partial charge in [-0.1, -0.05) is 12.1 Å². The van der Waals surface area contributed by atoms with E-state index in [1.165, 1.54) is 6.26 Å². The Balaban J connectivity index is 1.88. The Bertz CT molecular complexity index is 512. The van der Waals surface area contributed by atoms with Crippen LogP contribution in [0.5, 0.6) is 0 Å². The highest BCUT2D eigenvalue weighted by molar-refractivity contribution is 5.45. The van der Waals surface area contributed by atoms with Crippen LogP contribution < -0.4 is 5.32 Å². The van der Waals surface area contributed by atoms with Crippen molar-refractivity contribution in [3.05, 3.63) is 54.0 Å². The van der Waals surface area contributed by atoms with E-state index in [-0.39, 0.29) is 0 Å². The molecule has 18 heavy (non-hydrogen) atoms. The first kappa shape index (κ1) is 12.2. The molecule has 2 aromatic rings. The molecular formula is C14H14N2O2. The molecule has 0 amide bonds. The summed E-state index contributed by atoms with van der Waals surface area (Å²) in [5, 5.41) is 21.5. The molecule has 0 aliphatic heterocycles. The van der Waals surface area contributed by atoms with Crippen LogP contribution >= 0.6 is 0 Å². The van der Waals surface area contributed by atoms with Gasteiger partial charge in [0.25, 0.3) is 0 Å². The van der Waals surface area contributed by atoms with E-state index in [1.54, 1.807) is 12.1 Å². The smallest absolute Gasteiger partial charge is 0.134 e. The average Bonchev–Trinajstić information content (AvgIpc) is 2.92. The van der Waals surface area contributed by atoms with E-state index in [4.69, 9.17) is 9.68 Å². The second-order valence-electron chi connectivity index (χ2n) is 3.94. The lowest BCUT2D eigenvalue weighted by molar-refractivity contribution is 0.162. The van der Waals surface area contributed by atoms with Crippen LogP contribution in [0.1, 0.15) is 17.4 Å². The van der Waals surface area contributed by atoms with Crippen molar-refractivity contribution < 1.29 is 9.52 Å². The third kappa shape index (κ3) is 3.12. The topological polar surface area (TPSA) is 69.2 Å². The number of aliphatic hydroxyl groups is 1. The monoisotopic (exact) mass is 242 g/mol. The van der Waals surface area contributed by atoms with E-state index >= 15 is 0 Å². The van der Waals surface area contributed by atoms with Gasteiger partial charge < -0.3 is 14.8 Å². The summed E-state index contributed by atoms with van der Waals surface area (Å²) < 4.78 is 5.11. The number of nitrogens with zero attached hydrogens (tertiary/aromatic N) is 1. The Morgan fingerprint density at radius 2 is 2.06 bits per heavy atom. The molecule has 2 rings (SSSR count). The van der Waals surface area contributed by atoms with Crippen molar-refractivity contribution in [3.8, 4) is 6.07 Å². The van der Waals surface area contributed by atoms with Gasteiger partial charge in [0.2, 0.25) is 0 Å². The molecule has 0 aliphatic rings. The summed E-state index contributed by atoms with van der Waals surface area (Å²) >= 11 is 0. The molecule has 92 valence electrons. The maximum absolute atomic E-state index is 9.81. The summed E-state index contributed by atoms with van der Waals surface area (Å²) in [6, 6.07) is 13.2. The van der Waals surface area contributed by atoms with Gasteiger partial charge in [0.05, 0.1) is 18.8 Å². The van der Waals surface area contributed by atoms with Gasteiger partial charge in [0.1, 0.15) is 11.9 Å². The van der Waals surface area contributed by atoms with E-state index in [9.17, 15) is 5.11 Å². The molecular weight excluding hydrogens is 228 g/mol. The minimum atomic E-state index is -0.668. The van der Waals surface area contributed by atoms with E-state index in [2.05, 4.69) is 11.4 Å². The standard InChI is InChI=1S/C14H14N2O2/c15-8-7-11-3-5-12(6-4-11)16-10-13(17)14-2-1-9-18-14/h1-6,9,13,16-17H,7,10H2. The van der Waals surface area contributed by atoms with Crippen LogP contribution in [-0.4, -0.2) is 11.7 Å². The number of anilines is 1. The maximum atomic E-state index is 9.81. The zero-order valence-corrected chi connectivity index (χ0v) is 9.84. The van der Waals surface area contributed by atoms with Crippen molar-refractivity contribution in [2.75, 3.05) is 11.9 Å². The number of nitrogens with one attached hydrogen (secondary N) is 1. The highest BCUT2D eigenvalue weighted by Crippen LogP contribution is 2.15. The fraction of sp³-hybridized carbons (Fsp3) is 0.214. The Morgan fingerprint density at radius 3 is 2.67 bits per heavy atom. The molecule has 0 bridgehead atoms. The summed E-state index contributed by atoms with van der Waals surface area (Å²) in [5.41, 5.74) is 1.89. The molecule has 2 N–H and O–H groups in total. The van der Waals surface area contributed by atoms with Gasteiger partial charge >= 0.3 is 0 Å². The van der Waals surface area contributed by atoms with E-state index in [0.717, 1.165) is 11.3 Å². The summed E-state index contributed by atoms with van der Waals surface area (Å²) in [4.78, 5) is 0. The first-order valence-corrected chi connectivity index (χ1v) is 5.71. The van der Waals surface area contributed by atoms with Crippen LogP contribution in [0.15, 0.2) is 47.1 Å². The van der Waals surface area contributed by atoms with Crippen molar-refractivity contribution >= 4 is 5.69 Å². The van der Waals surface area contributed by atoms with Crippen molar-refractivity contribution in [3.63, 3.8) is 0 Å². The number of hydrogen-bond acceptors (Lipinski definition) is 4. The molecule has 0 saturated carbocycles. The Morgan fingerprint density at radius 1 is 1.28 bits per heavy atom. The minimum Gasteiger partial charge on any atom is -0.467 e. The van der Waals surface area contributed by atoms with Crippen molar-refractivity contribution in [1.29, 1.82) is 5.26 Å². The lowest BCUT2D eigenvalue weighted by Gasteiger charge is -2.10. The average molecular weight is 242 g/mol. The van der Waals surface area contributed by atoms with E-state index in [1.807, 2.05) is 24.3 Å². The van der Waals surface area contributed by atoms with Gasteiger partial charge in [-0.15, -0.1) is 0 Å². The molecule has 1 aromatic heterocycles. The molecule has 0 spiro atoms. The molecule has 1 unspecified atom stereocenters. The normalized spacial score (nSPS) is 11.8. The number of nitriles is 1. The molecule has 0 fully saturated rings. The first-order chi connectivity index (χ1) is 8.79. The molecule has 1 heterocycles. The highest BCUT2D eigenvalue weighted by Gasteiger charge is 2.09. The third-order valence-corrected chi connectivity index (χ3v) is 2.61. The number of furan rings is 1. The second kappa shape index (κ2) is 5.89. The lowest BCUT2D eigenvalue weighted by atomic mass is 10.1. The largest absolute Gasteiger partial charge is 0.467 e. The molecule has 4 nitrogen and oxygen atoms in total. The molecule has 1 aromatic carbocycles. The maximum Gasteiger partial charge on any atom is 0.134 e. The van der Waals surface area contributed by atoms with Crippen molar-refractivity contribution in [2.24, 2.45) is 0 Å². The van der Waals surface area contributed by atoms with Crippen molar-refractivity contribution in [2.45, 2.75) is 12.5 Å². The van der Waals surface area contributed by atoms with E-state index < -0.39 is 6.10 Å². The molecule has 0 radical (unpaired) electrons. The fourth-order valence-corrected chi connectivity index (χ4v) is 1.63. The summed E-state index contributed by atoms with van der Waals surface area (Å²) in [6.07, 6.45) is 1.28. The SMILES string of the molecule is N#CCc1ccc(NCC(O)c2ccco2)cc1. The number of aliphatic hydroxyl groups excluding tert-OH is 1. The predicted octanol–water partition coefficient (Wildman–Crippen LogP) is 2.49. The van der Waals surface area contributed by atoms with Crippen LogP contribution in [0, 0.1) is 11.3 Å². The number of benzene rings is 1. The first-order valence-electron chi connectivity index (χ1n) is 5.71. The number of rotatable bonds is 5. The van der Waals surface area contributed by atoms with Crippen LogP contribution in [0.25, 0.3) is 0 Å². The Labute approximate surface area is 105 Å². The zero-order valence-electron chi connectivity index (χ0n) is 9.84. The molecule has 4 heteroatoms. The predicted molar refractivity (Wildman–Crippen MR) is 67.9 cm³/mol. The number of hydrogen-bond donors (Lipinski definition) is 2. The summed E-state index contributed by atoms with van der Waals surface area (Å²) in [6.45, 7) is 0.380. The molecule has 0 saturated heterocycles. The van der Waals surface area contributed by atoms with Crippen LogP contribution in [0.4, 0.5) is 5.69 Å². The van der Waals surface area contributed by atoms with Gasteiger partial charge in [-0.2, -0.15) is 5.26 Å². The van der Waals surface area contributed by atoms with Crippen molar-refractivity contribution in [1.82, 2.24) is 0 Å². The lowest BCUT2D eigenvalue weighted by Crippen LogP contribution is -2.11. The fourth-order valence-electron chi connectivity index (χ4n) is 1.63. The Hall–Kier alpha value is -2.25. The van der Waals surface area contributed by atoms with Gasteiger partial charge in [0.15, 0.2) is 0 Å². The van der Waals surface area contributed by atoms with Gasteiger partial charge in [-0.3, -0.25) is 0 Å². The molecule has 1 atom stereocenters. The Kier molecular flexibility index (Phi) is 4.00. The van der Waals surface area contributed by atoms with Gasteiger partial charge in [0, 0.05) is 12.2 Å². The van der Waals surface area contributed by atoms with Gasteiger partial charge in [-0.25, -0.2) is 0 Å². The van der Waals surface area contributed by atoms with E-state index in [0.29, 0.717) is 18.7 Å². The minimum absolute atomic E-state index is 0.380. The summed E-state index contributed by atoms with van der Waals surface area (Å²) in [7, 11) is 0. The highest BCUT2D eigenvalue weighted by atomic mass is 16.4. The second-order valence-corrected chi connectivity index (χ2v) is 3.94. The third-order valence-electron chi connectivity index (χ3n) is 2.61. The quantitative estimate of drug-likeness (QED) is 0.845. The van der Waals surface area contributed by atoms with Crippen LogP contribution in [0.2, 0.25) is 0 Å². The summed E-state index contributed by atoms with van der Waals surface area (Å²) in [5.74, 6) is 0.545. The van der Waals surface area contributed by atoms with Crippen LogP contribution in [0.3, 0.4) is 0 Å².